The van der Waals surface area contributed by atoms with Gasteiger partial charge < -0.3 is 26.2 Å². The molecule has 88 heavy (non-hydrogen) atoms. The second-order valence-electron chi connectivity index (χ2n) is 28.8. The Morgan fingerprint density at radius 3 is 1.36 bits per heavy atom. The summed E-state index contributed by atoms with van der Waals surface area (Å²) >= 11 is 0. The van der Waals surface area contributed by atoms with Gasteiger partial charge in [0.2, 0.25) is 23.8 Å². The van der Waals surface area contributed by atoms with E-state index < -0.39 is 0 Å². The summed E-state index contributed by atoms with van der Waals surface area (Å²) in [4.78, 5) is 35.2. The molecule has 6 unspecified atom stereocenters. The normalized spacial score (nSPS) is 19.1. The summed E-state index contributed by atoms with van der Waals surface area (Å²) in [7, 11) is 0. The molecule has 494 valence electrons. The SMILES string of the molecule is CCCCCCC1CCC(CCCCCCCCCNc2nc(Nc3ccccc3)nc(C(C)(C)CC)n2)C(CCCCCCCCCNC(C)(CC)C(C)(CC)c2nc(Nc3ccccc3)nc(N3CCN(C(C)(C)CC)CC3)n2)C1CCCCCC. The van der Waals surface area contributed by atoms with E-state index in [-0.39, 0.29) is 21.9 Å². The van der Waals surface area contributed by atoms with Crippen molar-refractivity contribution >= 4 is 35.2 Å². The maximum Gasteiger partial charge on any atom is 0.232 e. The predicted octanol–water partition coefficient (Wildman–Crippen LogP) is 20.5. The van der Waals surface area contributed by atoms with Crippen LogP contribution in [0.4, 0.5) is 35.2 Å². The van der Waals surface area contributed by atoms with Gasteiger partial charge in [-0.1, -0.05) is 240 Å². The number of nitrogens with one attached hydrogen (secondary N) is 4. The summed E-state index contributed by atoms with van der Waals surface area (Å²) in [6, 6.07) is 20.5. The lowest BCUT2D eigenvalue weighted by molar-refractivity contribution is 0.0581. The number of anilines is 6. The smallest absolute Gasteiger partial charge is 0.232 e. The summed E-state index contributed by atoms with van der Waals surface area (Å²) in [5.74, 6) is 8.22. The number of unbranched alkanes of at least 4 members (excludes halogenated alkanes) is 18. The van der Waals surface area contributed by atoms with Crippen LogP contribution in [-0.2, 0) is 10.8 Å². The third-order valence-electron chi connectivity index (χ3n) is 22.0. The number of nitrogens with zero attached hydrogens (tertiary/aromatic N) is 8. The van der Waals surface area contributed by atoms with E-state index in [4.69, 9.17) is 29.9 Å². The van der Waals surface area contributed by atoms with Gasteiger partial charge in [0.1, 0.15) is 11.6 Å². The Labute approximate surface area is 539 Å². The Bertz CT molecular complexity index is 2480. The number of para-hydroxylation sites is 2. The number of hydrogen-bond donors (Lipinski definition) is 4. The second kappa shape index (κ2) is 38.4. The Kier molecular flexibility index (Phi) is 31.7. The van der Waals surface area contributed by atoms with E-state index in [1.165, 1.54) is 173 Å². The van der Waals surface area contributed by atoms with Crippen molar-refractivity contribution in [3.8, 4) is 0 Å². The molecule has 0 amide bonds. The fourth-order valence-corrected chi connectivity index (χ4v) is 14.5. The van der Waals surface area contributed by atoms with Crippen LogP contribution in [-0.4, -0.2) is 85.2 Å². The molecule has 1 aliphatic heterocycles. The van der Waals surface area contributed by atoms with Gasteiger partial charge in [0, 0.05) is 66.0 Å². The summed E-state index contributed by atoms with van der Waals surface area (Å²) in [5.41, 5.74) is 1.55. The van der Waals surface area contributed by atoms with Crippen LogP contribution < -0.4 is 26.2 Å². The van der Waals surface area contributed by atoms with Gasteiger partial charge in [-0.25, -0.2) is 0 Å². The lowest BCUT2D eigenvalue weighted by atomic mass is 9.61. The average Bonchev–Trinajstić information content (AvgIpc) is 2.93. The van der Waals surface area contributed by atoms with Crippen LogP contribution in [0.2, 0.25) is 0 Å². The quantitative estimate of drug-likeness (QED) is 0.0314. The lowest BCUT2D eigenvalue weighted by Gasteiger charge is -2.46. The van der Waals surface area contributed by atoms with Crippen molar-refractivity contribution in [2.75, 3.05) is 60.1 Å². The van der Waals surface area contributed by atoms with Crippen molar-refractivity contribution in [1.29, 1.82) is 0 Å². The number of aromatic nitrogens is 6. The third kappa shape index (κ3) is 22.8. The lowest BCUT2D eigenvalue weighted by Crippen LogP contribution is -2.58. The second-order valence-corrected chi connectivity index (χ2v) is 28.8. The highest BCUT2D eigenvalue weighted by atomic mass is 15.4. The van der Waals surface area contributed by atoms with E-state index in [0.29, 0.717) is 17.8 Å². The molecule has 2 aromatic carbocycles. The van der Waals surface area contributed by atoms with Crippen LogP contribution in [0.15, 0.2) is 60.7 Å². The average molecular weight is 1210 g/mol. The van der Waals surface area contributed by atoms with Gasteiger partial charge in [-0.05, 0) is 139 Å². The Balaban J connectivity index is 0.956. The monoisotopic (exact) mass is 1210 g/mol. The minimum Gasteiger partial charge on any atom is -0.354 e. The van der Waals surface area contributed by atoms with Crippen LogP contribution >= 0.6 is 0 Å². The van der Waals surface area contributed by atoms with Gasteiger partial charge in [-0.3, -0.25) is 4.90 Å². The van der Waals surface area contributed by atoms with Crippen molar-refractivity contribution in [2.24, 2.45) is 23.7 Å². The molecule has 3 heterocycles. The van der Waals surface area contributed by atoms with Crippen molar-refractivity contribution < 1.29 is 0 Å². The Morgan fingerprint density at radius 1 is 0.420 bits per heavy atom. The molecule has 2 fully saturated rings. The molecule has 1 saturated heterocycles. The number of benzene rings is 2. The standard InChI is InChI=1S/C76H130N12/c1-13-19-21-35-45-61-53-54-62(46-36-29-25-23-27-31-43-55-77-69-81-67(73(7,8)15-3)82-70(85-69)79-63-47-37-33-38-48-63)66(65(61)51-41-22-20-14-2)52-42-30-26-24-28-32-44-56-78-76(12,18-6)75(11,17-5)68-83-71(80-64-49-39-34-40-50-64)86-72(84-68)87-57-59-88(60-58-87)74(9,10)16-4/h33-34,37-40,47-50,61-62,65-66,78H,13-32,35-36,41-46,51-60H2,1-12H3,(H,80,83,84,86)(H2,77,79,81,82,85). The highest BCUT2D eigenvalue weighted by molar-refractivity contribution is 5.55. The van der Waals surface area contributed by atoms with Crippen molar-refractivity contribution in [2.45, 2.75) is 310 Å². The maximum atomic E-state index is 5.39. The molecule has 2 aliphatic rings. The van der Waals surface area contributed by atoms with Crippen molar-refractivity contribution in [1.82, 2.24) is 40.1 Å². The van der Waals surface area contributed by atoms with Crippen LogP contribution in [0.1, 0.15) is 300 Å². The molecule has 0 spiro atoms. The van der Waals surface area contributed by atoms with Gasteiger partial charge in [0.05, 0.1) is 0 Å². The molecule has 6 atom stereocenters. The topological polar surface area (TPSA) is 132 Å². The van der Waals surface area contributed by atoms with E-state index >= 15 is 0 Å². The van der Waals surface area contributed by atoms with Gasteiger partial charge in [0.15, 0.2) is 0 Å². The van der Waals surface area contributed by atoms with Crippen molar-refractivity contribution in [3.63, 3.8) is 0 Å². The van der Waals surface area contributed by atoms with E-state index in [2.05, 4.69) is 144 Å². The Morgan fingerprint density at radius 2 is 0.875 bits per heavy atom. The van der Waals surface area contributed by atoms with Gasteiger partial charge in [0.25, 0.3) is 0 Å². The summed E-state index contributed by atoms with van der Waals surface area (Å²) in [5, 5.41) is 14.7. The first-order chi connectivity index (χ1) is 42.6. The molecule has 0 bridgehead atoms. The Hall–Kier alpha value is -4.42. The summed E-state index contributed by atoms with van der Waals surface area (Å²) < 4.78 is 0. The molecule has 1 aliphatic carbocycles. The largest absolute Gasteiger partial charge is 0.354 e. The van der Waals surface area contributed by atoms with Gasteiger partial charge >= 0.3 is 0 Å². The van der Waals surface area contributed by atoms with Crippen LogP contribution in [0.25, 0.3) is 0 Å². The zero-order valence-electron chi connectivity index (χ0n) is 58.5. The zero-order valence-corrected chi connectivity index (χ0v) is 58.5. The fraction of sp³-hybridized carbons (Fsp3) is 0.763. The first-order valence-corrected chi connectivity index (χ1v) is 36.8. The number of rotatable bonds is 45. The molecule has 0 radical (unpaired) electrons. The minimum absolute atomic E-state index is 0.128. The van der Waals surface area contributed by atoms with Gasteiger partial charge in [-0.15, -0.1) is 0 Å². The number of hydrogen-bond acceptors (Lipinski definition) is 12. The number of piperazine rings is 1. The van der Waals surface area contributed by atoms with Crippen LogP contribution in [0.5, 0.6) is 0 Å². The molecular weight excluding hydrogens is 1080 g/mol. The van der Waals surface area contributed by atoms with E-state index in [1.54, 1.807) is 0 Å². The van der Waals surface area contributed by atoms with Crippen LogP contribution in [0, 0.1) is 23.7 Å². The summed E-state index contributed by atoms with van der Waals surface area (Å²) in [6.07, 6.45) is 42.8. The minimum atomic E-state index is -0.303. The molecule has 2 aromatic heterocycles. The molecule has 1 saturated carbocycles. The highest BCUT2D eigenvalue weighted by Crippen LogP contribution is 2.48. The van der Waals surface area contributed by atoms with Crippen molar-refractivity contribution in [3.05, 3.63) is 72.3 Å². The highest BCUT2D eigenvalue weighted by Gasteiger charge is 2.46. The molecule has 6 rings (SSSR count). The van der Waals surface area contributed by atoms with E-state index in [1.807, 2.05) is 30.3 Å². The molecule has 12 nitrogen and oxygen atoms in total. The third-order valence-corrected chi connectivity index (χ3v) is 22.0. The zero-order chi connectivity index (χ0) is 63.1. The maximum absolute atomic E-state index is 5.39. The molecular formula is C76H130N12. The first kappa shape index (κ1) is 72.6. The van der Waals surface area contributed by atoms with E-state index in [9.17, 15) is 0 Å². The van der Waals surface area contributed by atoms with Gasteiger partial charge in [-0.2, -0.15) is 29.9 Å². The summed E-state index contributed by atoms with van der Waals surface area (Å²) in [6.45, 7) is 33.6. The molecule has 12 heteroatoms. The predicted molar refractivity (Wildman–Crippen MR) is 378 cm³/mol. The molecule has 4 aromatic rings. The molecule has 4 N–H and O–H groups in total. The van der Waals surface area contributed by atoms with E-state index in [0.717, 1.165) is 124 Å². The fourth-order valence-electron chi connectivity index (χ4n) is 14.5. The first-order valence-electron chi connectivity index (χ1n) is 36.8. The van der Waals surface area contributed by atoms with Crippen LogP contribution in [0.3, 0.4) is 0 Å².